The summed E-state index contributed by atoms with van der Waals surface area (Å²) in [6.07, 6.45) is 0. The second kappa shape index (κ2) is 7.42. The molecule has 7 heteroatoms. The van der Waals surface area contributed by atoms with E-state index in [1.165, 1.54) is 10.6 Å². The monoisotopic (exact) mass is 458 g/mol. The molecule has 166 valence electrons. The van der Waals surface area contributed by atoms with Gasteiger partial charge in [-0.05, 0) is 46.9 Å². The summed E-state index contributed by atoms with van der Waals surface area (Å²) in [5.74, 6) is -0.00220. The van der Waals surface area contributed by atoms with Crippen molar-refractivity contribution in [2.24, 2.45) is 7.05 Å². The van der Waals surface area contributed by atoms with Crippen LogP contribution in [0.4, 0.5) is 5.69 Å². The third kappa shape index (κ3) is 3.27. The summed E-state index contributed by atoms with van der Waals surface area (Å²) in [5, 5.41) is 0.566. The first-order chi connectivity index (χ1) is 15.7. The molecule has 1 heterocycles. The van der Waals surface area contributed by atoms with E-state index in [1.807, 2.05) is 19.9 Å². The molecule has 0 spiro atoms. The molecule has 0 aliphatic heterocycles. The molecule has 0 unspecified atom stereocenters. The highest BCUT2D eigenvalue weighted by molar-refractivity contribution is 7.92. The number of fused-ring (bicyclic) bond motifs is 2. The highest BCUT2D eigenvalue weighted by Gasteiger charge is 2.30. The normalized spacial score (nSPS) is 12.8. The maximum Gasteiger partial charge on any atom is 0.261 e. The largest absolute Gasteiger partial charge is 0.311 e. The van der Waals surface area contributed by atoms with Crippen molar-refractivity contribution in [1.29, 1.82) is 0 Å². The van der Waals surface area contributed by atoms with Crippen LogP contribution >= 0.6 is 0 Å². The summed E-state index contributed by atoms with van der Waals surface area (Å²) in [6.45, 7) is 4.08. The molecule has 1 aromatic heterocycles. The first-order valence-corrected chi connectivity index (χ1v) is 12.1. The molecule has 0 amide bonds. The number of anilines is 1. The van der Waals surface area contributed by atoms with Crippen molar-refractivity contribution in [2.45, 2.75) is 24.7 Å². The zero-order valence-corrected chi connectivity index (χ0v) is 19.2. The van der Waals surface area contributed by atoms with E-state index in [1.54, 1.807) is 61.6 Å². The maximum atomic E-state index is 13.5. The van der Waals surface area contributed by atoms with Crippen LogP contribution in [0, 0.1) is 0 Å². The summed E-state index contributed by atoms with van der Waals surface area (Å²) in [4.78, 5) is 26.2. The smallest absolute Gasteiger partial charge is 0.261 e. The van der Waals surface area contributed by atoms with Gasteiger partial charge < -0.3 is 4.57 Å². The van der Waals surface area contributed by atoms with E-state index < -0.39 is 10.0 Å². The van der Waals surface area contributed by atoms with Crippen LogP contribution in [0.15, 0.2) is 76.4 Å². The summed E-state index contributed by atoms with van der Waals surface area (Å²) in [5.41, 5.74) is 3.57. The summed E-state index contributed by atoms with van der Waals surface area (Å²) in [7, 11) is -2.30. The highest BCUT2D eigenvalue weighted by Crippen LogP contribution is 2.41. The van der Waals surface area contributed by atoms with Gasteiger partial charge in [-0.1, -0.05) is 50.2 Å². The van der Waals surface area contributed by atoms with Gasteiger partial charge in [0, 0.05) is 24.1 Å². The molecule has 0 radical (unpaired) electrons. The number of pyridine rings is 1. The quantitative estimate of drug-likeness (QED) is 0.424. The van der Waals surface area contributed by atoms with Crippen LogP contribution in [0.25, 0.3) is 22.0 Å². The fourth-order valence-corrected chi connectivity index (χ4v) is 5.45. The van der Waals surface area contributed by atoms with Crippen molar-refractivity contribution in [3.63, 3.8) is 0 Å². The van der Waals surface area contributed by atoms with Crippen LogP contribution in [0.3, 0.4) is 0 Å². The van der Waals surface area contributed by atoms with Crippen molar-refractivity contribution < 1.29 is 13.2 Å². The number of nitrogens with zero attached hydrogens (tertiary/aromatic N) is 1. The molecule has 0 atom stereocenters. The number of aryl methyl sites for hydroxylation is 1. The van der Waals surface area contributed by atoms with Crippen LogP contribution in [-0.4, -0.2) is 18.8 Å². The third-order valence-corrected chi connectivity index (χ3v) is 7.58. The molecule has 0 saturated carbocycles. The SMILES string of the molecule is CC(C)c1ccc(S(=O)(=O)Nc2ccc3c4c(cc(=O)n3C)-c3ccccc3C(=O)c24)cc1. The molecule has 1 aliphatic carbocycles. The van der Waals surface area contributed by atoms with E-state index in [-0.39, 0.29) is 33.4 Å². The van der Waals surface area contributed by atoms with Crippen LogP contribution in [0.1, 0.15) is 41.3 Å². The predicted molar refractivity (Wildman–Crippen MR) is 129 cm³/mol. The molecule has 0 saturated heterocycles. The number of aromatic nitrogens is 1. The van der Waals surface area contributed by atoms with Crippen LogP contribution in [0.5, 0.6) is 0 Å². The van der Waals surface area contributed by atoms with Crippen molar-refractivity contribution in [1.82, 2.24) is 4.57 Å². The summed E-state index contributed by atoms with van der Waals surface area (Å²) in [6, 6.07) is 18.5. The fraction of sp³-hybridized carbons (Fsp3) is 0.154. The molecular formula is C26H22N2O4S. The summed E-state index contributed by atoms with van der Waals surface area (Å²) >= 11 is 0. The Labute approximate surface area is 191 Å². The Morgan fingerprint density at radius 1 is 0.848 bits per heavy atom. The summed E-state index contributed by atoms with van der Waals surface area (Å²) < 4.78 is 30.5. The van der Waals surface area contributed by atoms with Crippen LogP contribution in [0.2, 0.25) is 0 Å². The predicted octanol–water partition coefficient (Wildman–Crippen LogP) is 4.67. The van der Waals surface area contributed by atoms with Crippen LogP contribution < -0.4 is 10.3 Å². The molecule has 33 heavy (non-hydrogen) atoms. The zero-order valence-electron chi connectivity index (χ0n) is 18.4. The number of carbonyl (C=O) groups excluding carboxylic acids is 1. The van der Waals surface area contributed by atoms with Crippen molar-refractivity contribution in [3.05, 3.63) is 93.8 Å². The minimum atomic E-state index is -3.94. The zero-order chi connectivity index (χ0) is 23.5. The lowest BCUT2D eigenvalue weighted by Gasteiger charge is -2.23. The number of carbonyl (C=O) groups is 1. The average Bonchev–Trinajstić information content (AvgIpc) is 2.80. The topological polar surface area (TPSA) is 85.2 Å². The van der Waals surface area contributed by atoms with E-state index in [4.69, 9.17) is 0 Å². The molecule has 4 aromatic rings. The van der Waals surface area contributed by atoms with Gasteiger partial charge >= 0.3 is 0 Å². The molecule has 3 aromatic carbocycles. The first kappa shape index (κ1) is 21.2. The van der Waals surface area contributed by atoms with Gasteiger partial charge in [0.1, 0.15) is 0 Å². The lowest BCUT2D eigenvalue weighted by Crippen LogP contribution is -2.22. The van der Waals surface area contributed by atoms with E-state index in [0.717, 1.165) is 5.56 Å². The molecular weight excluding hydrogens is 436 g/mol. The van der Waals surface area contributed by atoms with Gasteiger partial charge in [0.2, 0.25) is 0 Å². The van der Waals surface area contributed by atoms with Gasteiger partial charge in [-0.2, -0.15) is 0 Å². The van der Waals surface area contributed by atoms with Gasteiger partial charge in [0.05, 0.1) is 21.7 Å². The molecule has 0 fully saturated rings. The number of ketones is 1. The Balaban J connectivity index is 1.72. The first-order valence-electron chi connectivity index (χ1n) is 10.6. The molecule has 6 nitrogen and oxygen atoms in total. The average molecular weight is 459 g/mol. The van der Waals surface area contributed by atoms with Gasteiger partial charge in [-0.15, -0.1) is 0 Å². The second-order valence-electron chi connectivity index (χ2n) is 8.54. The Kier molecular flexibility index (Phi) is 4.76. The Morgan fingerprint density at radius 3 is 2.18 bits per heavy atom. The van der Waals surface area contributed by atoms with E-state index in [0.29, 0.717) is 27.6 Å². The number of sulfonamides is 1. The van der Waals surface area contributed by atoms with Gasteiger partial charge in [-0.3, -0.25) is 14.3 Å². The van der Waals surface area contributed by atoms with Gasteiger partial charge in [0.15, 0.2) is 5.78 Å². The highest BCUT2D eigenvalue weighted by atomic mass is 32.2. The van der Waals surface area contributed by atoms with Gasteiger partial charge in [0.25, 0.3) is 15.6 Å². The minimum Gasteiger partial charge on any atom is -0.311 e. The maximum absolute atomic E-state index is 13.5. The Bertz CT molecular complexity index is 1620. The van der Waals surface area contributed by atoms with E-state index in [2.05, 4.69) is 4.72 Å². The second-order valence-corrected chi connectivity index (χ2v) is 10.2. The van der Waals surface area contributed by atoms with E-state index >= 15 is 0 Å². The number of rotatable bonds is 4. The number of hydrogen-bond donors (Lipinski definition) is 1. The van der Waals surface area contributed by atoms with Crippen LogP contribution in [-0.2, 0) is 17.1 Å². The lowest BCUT2D eigenvalue weighted by atomic mass is 9.83. The third-order valence-electron chi connectivity index (χ3n) is 6.20. The molecule has 5 rings (SSSR count). The van der Waals surface area contributed by atoms with Crippen molar-refractivity contribution in [2.75, 3.05) is 4.72 Å². The van der Waals surface area contributed by atoms with Gasteiger partial charge in [-0.25, -0.2) is 8.42 Å². The standard InChI is InChI=1S/C26H22N2O4S/c1-15(2)16-8-10-17(11-9-16)33(31,32)27-21-12-13-22-24-20(14-23(29)28(22)3)18-6-4-5-7-19(18)26(30)25(21)24/h4-15,27H,1-3H3. The number of nitrogens with one attached hydrogen (secondary N) is 1. The molecule has 1 aliphatic rings. The molecule has 1 N–H and O–H groups in total. The van der Waals surface area contributed by atoms with Crippen molar-refractivity contribution >= 4 is 32.4 Å². The fourth-order valence-electron chi connectivity index (χ4n) is 4.37. The van der Waals surface area contributed by atoms with Crippen molar-refractivity contribution in [3.8, 4) is 11.1 Å². The Morgan fingerprint density at radius 2 is 1.52 bits per heavy atom. The van der Waals surface area contributed by atoms with E-state index in [9.17, 15) is 18.0 Å². The lowest BCUT2D eigenvalue weighted by molar-refractivity contribution is 0.104. The Hall–Kier alpha value is -3.71. The number of benzene rings is 3. The minimum absolute atomic E-state index is 0.114. The molecule has 0 bridgehead atoms. The number of hydrogen-bond acceptors (Lipinski definition) is 4.